The molecule has 3 unspecified atom stereocenters. The standard InChI is InChI=1S/C11H20N2O3/c1-8-11(2,3-5-16-8)13-10(14)9-7-15-6-4-12-9/h8-9,12H,3-7H2,1-2H3,(H,13,14). The van der Waals surface area contributed by atoms with E-state index in [2.05, 4.69) is 10.6 Å². The van der Waals surface area contributed by atoms with Crippen LogP contribution in [0.2, 0.25) is 0 Å². The summed E-state index contributed by atoms with van der Waals surface area (Å²) in [5, 5.41) is 6.22. The van der Waals surface area contributed by atoms with Gasteiger partial charge in [-0.1, -0.05) is 0 Å². The number of nitrogens with one attached hydrogen (secondary N) is 2. The molecule has 2 saturated heterocycles. The predicted molar refractivity (Wildman–Crippen MR) is 59.2 cm³/mol. The van der Waals surface area contributed by atoms with Gasteiger partial charge in [-0.25, -0.2) is 0 Å². The molecule has 92 valence electrons. The van der Waals surface area contributed by atoms with Gasteiger partial charge < -0.3 is 20.1 Å². The highest BCUT2D eigenvalue weighted by Crippen LogP contribution is 2.25. The van der Waals surface area contributed by atoms with Gasteiger partial charge in [0.05, 0.1) is 24.9 Å². The fourth-order valence-corrected chi connectivity index (χ4v) is 2.10. The van der Waals surface area contributed by atoms with E-state index in [1.165, 1.54) is 0 Å². The zero-order valence-electron chi connectivity index (χ0n) is 9.91. The predicted octanol–water partition coefficient (Wildman–Crippen LogP) is -0.341. The summed E-state index contributed by atoms with van der Waals surface area (Å²) in [5.41, 5.74) is -0.240. The maximum Gasteiger partial charge on any atom is 0.240 e. The first-order valence-corrected chi connectivity index (χ1v) is 5.86. The van der Waals surface area contributed by atoms with Gasteiger partial charge in [0.2, 0.25) is 5.91 Å². The van der Waals surface area contributed by atoms with Gasteiger partial charge in [0.25, 0.3) is 0 Å². The summed E-state index contributed by atoms with van der Waals surface area (Å²) in [4.78, 5) is 12.0. The highest BCUT2D eigenvalue weighted by atomic mass is 16.5. The first-order chi connectivity index (χ1) is 7.62. The van der Waals surface area contributed by atoms with Crippen LogP contribution in [0.3, 0.4) is 0 Å². The normalized spacial score (nSPS) is 39.6. The number of ether oxygens (including phenoxy) is 2. The van der Waals surface area contributed by atoms with Gasteiger partial charge in [-0.2, -0.15) is 0 Å². The fraction of sp³-hybridized carbons (Fsp3) is 0.909. The van der Waals surface area contributed by atoms with Crippen LogP contribution in [-0.2, 0) is 14.3 Å². The summed E-state index contributed by atoms with van der Waals surface area (Å²) < 4.78 is 10.8. The van der Waals surface area contributed by atoms with Gasteiger partial charge in [0.15, 0.2) is 0 Å². The Balaban J connectivity index is 1.90. The molecule has 5 nitrogen and oxygen atoms in total. The van der Waals surface area contributed by atoms with Gasteiger partial charge in [-0.05, 0) is 20.3 Å². The van der Waals surface area contributed by atoms with Crippen molar-refractivity contribution in [3.63, 3.8) is 0 Å². The van der Waals surface area contributed by atoms with Gasteiger partial charge in [-0.15, -0.1) is 0 Å². The molecule has 2 rings (SSSR count). The summed E-state index contributed by atoms with van der Waals surface area (Å²) in [5.74, 6) is 0.0135. The number of hydrogen-bond acceptors (Lipinski definition) is 4. The molecule has 3 atom stereocenters. The Morgan fingerprint density at radius 1 is 1.50 bits per heavy atom. The molecule has 0 aromatic heterocycles. The molecule has 16 heavy (non-hydrogen) atoms. The minimum absolute atomic E-state index is 0.0135. The van der Waals surface area contributed by atoms with Gasteiger partial charge in [0, 0.05) is 13.2 Å². The highest BCUT2D eigenvalue weighted by Gasteiger charge is 2.39. The second-order valence-electron chi connectivity index (χ2n) is 4.75. The zero-order valence-corrected chi connectivity index (χ0v) is 9.91. The van der Waals surface area contributed by atoms with E-state index in [1.807, 2.05) is 13.8 Å². The molecule has 5 heteroatoms. The van der Waals surface area contributed by atoms with Crippen molar-refractivity contribution in [2.75, 3.05) is 26.4 Å². The molecule has 0 aromatic rings. The SMILES string of the molecule is CC1OCCC1(C)NC(=O)C1COCCN1. The van der Waals surface area contributed by atoms with E-state index < -0.39 is 0 Å². The van der Waals surface area contributed by atoms with Crippen molar-refractivity contribution in [1.82, 2.24) is 10.6 Å². The Labute approximate surface area is 95.9 Å². The number of morpholine rings is 1. The van der Waals surface area contributed by atoms with Crippen LogP contribution >= 0.6 is 0 Å². The fourth-order valence-electron chi connectivity index (χ4n) is 2.10. The Kier molecular flexibility index (Phi) is 3.47. The minimum atomic E-state index is -0.240. The molecule has 2 fully saturated rings. The van der Waals surface area contributed by atoms with Crippen LogP contribution in [0.15, 0.2) is 0 Å². The van der Waals surface area contributed by atoms with Gasteiger partial charge >= 0.3 is 0 Å². The van der Waals surface area contributed by atoms with Crippen LogP contribution in [0.1, 0.15) is 20.3 Å². The zero-order chi connectivity index (χ0) is 11.6. The molecule has 0 aromatic carbocycles. The minimum Gasteiger partial charge on any atom is -0.378 e. The second-order valence-corrected chi connectivity index (χ2v) is 4.75. The summed E-state index contributed by atoms with van der Waals surface area (Å²) in [6, 6.07) is -0.224. The van der Waals surface area contributed by atoms with E-state index in [4.69, 9.17) is 9.47 Å². The van der Waals surface area contributed by atoms with E-state index in [9.17, 15) is 4.79 Å². The quantitative estimate of drug-likeness (QED) is 0.679. The Morgan fingerprint density at radius 2 is 2.31 bits per heavy atom. The van der Waals surface area contributed by atoms with Crippen molar-refractivity contribution in [2.24, 2.45) is 0 Å². The maximum absolute atomic E-state index is 12.0. The summed E-state index contributed by atoms with van der Waals surface area (Å²) in [6.07, 6.45) is 0.939. The molecule has 2 N–H and O–H groups in total. The molecular formula is C11H20N2O3. The lowest BCUT2D eigenvalue weighted by atomic mass is 9.94. The molecule has 2 aliphatic rings. The number of rotatable bonds is 2. The lowest BCUT2D eigenvalue weighted by Gasteiger charge is -2.32. The first-order valence-electron chi connectivity index (χ1n) is 5.86. The molecule has 1 amide bonds. The number of amides is 1. The van der Waals surface area contributed by atoms with E-state index >= 15 is 0 Å². The van der Waals surface area contributed by atoms with Crippen LogP contribution in [0.4, 0.5) is 0 Å². The average Bonchev–Trinajstić information content (AvgIpc) is 2.60. The van der Waals surface area contributed by atoms with E-state index in [-0.39, 0.29) is 23.6 Å². The molecule has 0 saturated carbocycles. The van der Waals surface area contributed by atoms with Crippen molar-refractivity contribution in [2.45, 2.75) is 38.0 Å². The average molecular weight is 228 g/mol. The first kappa shape index (κ1) is 11.8. The van der Waals surface area contributed by atoms with Crippen LogP contribution < -0.4 is 10.6 Å². The summed E-state index contributed by atoms with van der Waals surface area (Å²) in [6.45, 7) is 6.62. The van der Waals surface area contributed by atoms with Gasteiger partial charge in [-0.3, -0.25) is 4.79 Å². The monoisotopic (exact) mass is 228 g/mol. The summed E-state index contributed by atoms with van der Waals surface area (Å²) >= 11 is 0. The lowest BCUT2D eigenvalue weighted by molar-refractivity contribution is -0.128. The van der Waals surface area contributed by atoms with Crippen LogP contribution in [0, 0.1) is 0 Å². The third kappa shape index (κ3) is 2.36. The van der Waals surface area contributed by atoms with Crippen molar-refractivity contribution < 1.29 is 14.3 Å². The van der Waals surface area contributed by atoms with E-state index in [1.54, 1.807) is 0 Å². The van der Waals surface area contributed by atoms with Crippen molar-refractivity contribution in [3.8, 4) is 0 Å². The number of carbonyl (C=O) groups excluding carboxylic acids is 1. The second kappa shape index (κ2) is 4.69. The molecule has 0 aliphatic carbocycles. The Morgan fingerprint density at radius 3 is 2.88 bits per heavy atom. The highest BCUT2D eigenvalue weighted by molar-refractivity contribution is 5.82. The molecule has 2 aliphatic heterocycles. The van der Waals surface area contributed by atoms with E-state index in [0.29, 0.717) is 19.8 Å². The van der Waals surface area contributed by atoms with Crippen LogP contribution in [0.25, 0.3) is 0 Å². The smallest absolute Gasteiger partial charge is 0.240 e. The van der Waals surface area contributed by atoms with Gasteiger partial charge in [0.1, 0.15) is 6.04 Å². The molecule has 2 heterocycles. The Hall–Kier alpha value is -0.650. The molecular weight excluding hydrogens is 208 g/mol. The van der Waals surface area contributed by atoms with Crippen LogP contribution in [0.5, 0.6) is 0 Å². The van der Waals surface area contributed by atoms with Crippen LogP contribution in [-0.4, -0.2) is 50.0 Å². The third-order valence-corrected chi connectivity index (χ3v) is 3.53. The molecule has 0 bridgehead atoms. The maximum atomic E-state index is 12.0. The Bertz CT molecular complexity index is 266. The number of carbonyl (C=O) groups is 1. The topological polar surface area (TPSA) is 59.6 Å². The third-order valence-electron chi connectivity index (χ3n) is 3.53. The molecule has 0 spiro atoms. The molecule has 0 radical (unpaired) electrons. The van der Waals surface area contributed by atoms with Crippen molar-refractivity contribution in [3.05, 3.63) is 0 Å². The van der Waals surface area contributed by atoms with Crippen molar-refractivity contribution >= 4 is 5.91 Å². The number of hydrogen-bond donors (Lipinski definition) is 2. The largest absolute Gasteiger partial charge is 0.378 e. The van der Waals surface area contributed by atoms with E-state index in [0.717, 1.165) is 13.0 Å². The summed E-state index contributed by atoms with van der Waals surface area (Å²) in [7, 11) is 0. The lowest BCUT2D eigenvalue weighted by Crippen LogP contribution is -2.58. The van der Waals surface area contributed by atoms with Crippen molar-refractivity contribution in [1.29, 1.82) is 0 Å².